The van der Waals surface area contributed by atoms with Crippen molar-refractivity contribution in [3.63, 3.8) is 0 Å². The second-order valence-electron chi connectivity index (χ2n) is 7.44. The first-order valence-electron chi connectivity index (χ1n) is 9.52. The molecule has 0 atom stereocenters. The van der Waals surface area contributed by atoms with Gasteiger partial charge >= 0.3 is 0 Å². The Morgan fingerprint density at radius 1 is 0.769 bits per heavy atom. The van der Waals surface area contributed by atoms with Crippen LogP contribution in [0.4, 0.5) is 0 Å². The summed E-state index contributed by atoms with van der Waals surface area (Å²) in [5, 5.41) is 0. The fourth-order valence-corrected chi connectivity index (χ4v) is 3.48. The van der Waals surface area contributed by atoms with E-state index >= 15 is 0 Å². The van der Waals surface area contributed by atoms with Crippen LogP contribution >= 0.6 is 0 Å². The van der Waals surface area contributed by atoms with Crippen molar-refractivity contribution in [2.24, 2.45) is 0 Å². The Hall–Kier alpha value is -2.13. The second-order valence-corrected chi connectivity index (χ2v) is 7.44. The highest BCUT2D eigenvalue weighted by Crippen LogP contribution is 2.26. The fraction of sp³-hybridized carbons (Fsp3) is 0.435. The zero-order valence-electron chi connectivity index (χ0n) is 16.7. The lowest BCUT2D eigenvalue weighted by atomic mass is 9.90. The van der Waals surface area contributed by atoms with Crippen molar-refractivity contribution in [1.29, 1.82) is 0 Å². The van der Waals surface area contributed by atoms with Gasteiger partial charge in [0, 0.05) is 32.2 Å². The maximum absolute atomic E-state index is 13.3. The summed E-state index contributed by atoms with van der Waals surface area (Å²) in [5.41, 5.74) is 2.08. The van der Waals surface area contributed by atoms with Crippen LogP contribution in [-0.4, -0.2) is 47.9 Å². The van der Waals surface area contributed by atoms with Gasteiger partial charge in [-0.15, -0.1) is 0 Å². The zero-order valence-corrected chi connectivity index (χ0v) is 16.7. The molecule has 0 aliphatic rings. The van der Waals surface area contributed by atoms with E-state index in [2.05, 4.69) is 32.6 Å². The van der Waals surface area contributed by atoms with Crippen LogP contribution in [0.25, 0.3) is 0 Å². The van der Waals surface area contributed by atoms with Gasteiger partial charge in [0.1, 0.15) is 0 Å². The highest BCUT2D eigenvalue weighted by Gasteiger charge is 2.26. The molecule has 0 saturated carbocycles. The predicted octanol–water partition coefficient (Wildman–Crippen LogP) is 4.40. The summed E-state index contributed by atoms with van der Waals surface area (Å²) in [5.74, 6) is -0.108. The summed E-state index contributed by atoms with van der Waals surface area (Å²) in [4.78, 5) is 17.6. The molecule has 2 aromatic carbocycles. The van der Waals surface area contributed by atoms with E-state index in [9.17, 15) is 4.79 Å². The van der Waals surface area contributed by atoms with E-state index in [1.54, 1.807) is 0 Å². The van der Waals surface area contributed by atoms with Crippen molar-refractivity contribution in [2.75, 3.05) is 20.1 Å². The lowest BCUT2D eigenvalue weighted by Crippen LogP contribution is -2.44. The maximum Gasteiger partial charge on any atom is 0.234 e. The van der Waals surface area contributed by atoms with E-state index in [-0.39, 0.29) is 11.8 Å². The van der Waals surface area contributed by atoms with Gasteiger partial charge < -0.3 is 4.90 Å². The number of likely N-dealkylation sites (N-methyl/N-ethyl adjacent to an activating group) is 1. The quantitative estimate of drug-likeness (QED) is 0.703. The monoisotopic (exact) mass is 352 g/mol. The molecule has 0 N–H and O–H groups in total. The Balaban J connectivity index is 2.19. The lowest BCUT2D eigenvalue weighted by molar-refractivity contribution is -0.130. The molecule has 26 heavy (non-hydrogen) atoms. The van der Waals surface area contributed by atoms with Gasteiger partial charge in [0.2, 0.25) is 5.91 Å². The minimum absolute atomic E-state index is 0.148. The number of carbonyl (C=O) groups is 1. The van der Waals surface area contributed by atoms with Gasteiger partial charge in [-0.1, -0.05) is 60.7 Å². The van der Waals surface area contributed by atoms with E-state index in [1.807, 2.05) is 72.6 Å². The molecule has 0 aliphatic carbocycles. The average molecular weight is 353 g/mol. The summed E-state index contributed by atoms with van der Waals surface area (Å²) in [6.45, 7) is 10.4. The van der Waals surface area contributed by atoms with Gasteiger partial charge in [0.15, 0.2) is 0 Å². The van der Waals surface area contributed by atoms with Crippen molar-refractivity contribution < 1.29 is 4.79 Å². The number of hydrogen-bond donors (Lipinski definition) is 0. The third-order valence-electron chi connectivity index (χ3n) is 4.91. The van der Waals surface area contributed by atoms with Crippen molar-refractivity contribution in [3.8, 4) is 0 Å². The first kappa shape index (κ1) is 20.2. The van der Waals surface area contributed by atoms with Crippen molar-refractivity contribution in [1.82, 2.24) is 9.80 Å². The van der Waals surface area contributed by atoms with Gasteiger partial charge in [-0.3, -0.25) is 9.69 Å². The van der Waals surface area contributed by atoms with Crippen LogP contribution in [0.2, 0.25) is 0 Å². The third kappa shape index (κ3) is 5.18. The van der Waals surface area contributed by atoms with E-state index in [0.717, 1.165) is 24.2 Å². The minimum atomic E-state index is -0.256. The van der Waals surface area contributed by atoms with Crippen LogP contribution in [-0.2, 0) is 4.79 Å². The number of carbonyl (C=O) groups excluding carboxylic acids is 1. The Labute approximate surface area is 158 Å². The molecule has 1 amide bonds. The molecule has 3 nitrogen and oxygen atoms in total. The SMILES string of the molecule is CC(C)N(CCN(C)C(=O)C(c1ccccc1)c1ccccc1)C(C)C. The number of rotatable bonds is 8. The van der Waals surface area contributed by atoms with Crippen LogP contribution in [0.3, 0.4) is 0 Å². The highest BCUT2D eigenvalue weighted by atomic mass is 16.2. The van der Waals surface area contributed by atoms with Gasteiger partial charge in [0.05, 0.1) is 5.92 Å². The van der Waals surface area contributed by atoms with E-state index in [1.165, 1.54) is 0 Å². The standard InChI is InChI=1S/C23H32N2O/c1-18(2)25(19(3)4)17-16-24(5)23(26)22(20-12-8-6-9-13-20)21-14-10-7-11-15-21/h6-15,18-19,22H,16-17H2,1-5H3. The molecule has 0 radical (unpaired) electrons. The number of nitrogens with zero attached hydrogens (tertiary/aromatic N) is 2. The van der Waals surface area contributed by atoms with Crippen molar-refractivity contribution >= 4 is 5.91 Å². The van der Waals surface area contributed by atoms with Crippen LogP contribution in [0.5, 0.6) is 0 Å². The molecule has 2 aromatic rings. The molecule has 0 aromatic heterocycles. The molecule has 0 heterocycles. The fourth-order valence-electron chi connectivity index (χ4n) is 3.48. The molecule has 3 heteroatoms. The summed E-state index contributed by atoms with van der Waals surface area (Å²) in [6.07, 6.45) is 0. The smallest absolute Gasteiger partial charge is 0.234 e. The Kier molecular flexibility index (Phi) is 7.40. The summed E-state index contributed by atoms with van der Waals surface area (Å²) in [7, 11) is 1.92. The lowest BCUT2D eigenvalue weighted by Gasteiger charge is -2.33. The molecule has 0 unspecified atom stereocenters. The number of hydrogen-bond acceptors (Lipinski definition) is 2. The largest absolute Gasteiger partial charge is 0.344 e. The average Bonchev–Trinajstić information content (AvgIpc) is 2.63. The van der Waals surface area contributed by atoms with Crippen LogP contribution in [0.1, 0.15) is 44.7 Å². The van der Waals surface area contributed by atoms with Crippen molar-refractivity contribution in [2.45, 2.75) is 45.7 Å². The van der Waals surface area contributed by atoms with Gasteiger partial charge in [0.25, 0.3) is 0 Å². The first-order valence-corrected chi connectivity index (χ1v) is 9.52. The second kappa shape index (κ2) is 9.54. The van der Waals surface area contributed by atoms with E-state index in [0.29, 0.717) is 12.1 Å². The van der Waals surface area contributed by atoms with Crippen LogP contribution in [0.15, 0.2) is 60.7 Å². The first-order chi connectivity index (χ1) is 12.4. The molecular formula is C23H32N2O. The molecule has 0 saturated heterocycles. The summed E-state index contributed by atoms with van der Waals surface area (Å²) in [6, 6.07) is 21.1. The molecule has 2 rings (SSSR count). The third-order valence-corrected chi connectivity index (χ3v) is 4.91. The minimum Gasteiger partial charge on any atom is -0.344 e. The van der Waals surface area contributed by atoms with Gasteiger partial charge in [-0.05, 0) is 38.8 Å². The summed E-state index contributed by atoms with van der Waals surface area (Å²) >= 11 is 0. The maximum atomic E-state index is 13.3. The number of benzene rings is 2. The summed E-state index contributed by atoms with van der Waals surface area (Å²) < 4.78 is 0. The van der Waals surface area contributed by atoms with Gasteiger partial charge in [-0.25, -0.2) is 0 Å². The Bertz CT molecular complexity index is 620. The Morgan fingerprint density at radius 2 is 1.19 bits per heavy atom. The predicted molar refractivity (Wildman–Crippen MR) is 109 cm³/mol. The number of amides is 1. The molecule has 140 valence electrons. The van der Waals surface area contributed by atoms with E-state index < -0.39 is 0 Å². The molecule has 0 fully saturated rings. The van der Waals surface area contributed by atoms with Gasteiger partial charge in [-0.2, -0.15) is 0 Å². The normalized spacial score (nSPS) is 11.6. The van der Waals surface area contributed by atoms with Crippen molar-refractivity contribution in [3.05, 3.63) is 71.8 Å². The van der Waals surface area contributed by atoms with E-state index in [4.69, 9.17) is 0 Å². The molecule has 0 bridgehead atoms. The molecule has 0 aliphatic heterocycles. The molecular weight excluding hydrogens is 320 g/mol. The molecule has 0 spiro atoms. The van der Waals surface area contributed by atoms with Crippen LogP contribution < -0.4 is 0 Å². The zero-order chi connectivity index (χ0) is 19.1. The van der Waals surface area contributed by atoms with Crippen LogP contribution in [0, 0.1) is 0 Å². The Morgan fingerprint density at radius 3 is 1.58 bits per heavy atom. The topological polar surface area (TPSA) is 23.6 Å². The highest BCUT2D eigenvalue weighted by molar-refractivity contribution is 5.87.